The van der Waals surface area contributed by atoms with Crippen LogP contribution in [0.1, 0.15) is 49.3 Å². The van der Waals surface area contributed by atoms with E-state index in [0.29, 0.717) is 23.5 Å². The van der Waals surface area contributed by atoms with Crippen LogP contribution in [0.2, 0.25) is 0 Å². The van der Waals surface area contributed by atoms with E-state index in [2.05, 4.69) is 13.8 Å². The molecule has 1 aliphatic rings. The fourth-order valence-electron chi connectivity index (χ4n) is 3.62. The molecule has 0 bridgehead atoms. The normalized spacial score (nSPS) is 18.9. The predicted molar refractivity (Wildman–Crippen MR) is 102 cm³/mol. The van der Waals surface area contributed by atoms with Gasteiger partial charge in [-0.3, -0.25) is 4.79 Å². The van der Waals surface area contributed by atoms with Crippen molar-refractivity contribution in [3.05, 3.63) is 45.3 Å². The summed E-state index contributed by atoms with van der Waals surface area (Å²) in [6.45, 7) is 6.10. The van der Waals surface area contributed by atoms with Crippen molar-refractivity contribution in [3.63, 3.8) is 0 Å². The quantitative estimate of drug-likeness (QED) is 0.574. The van der Waals surface area contributed by atoms with Gasteiger partial charge >= 0.3 is 11.6 Å². The Morgan fingerprint density at radius 3 is 2.67 bits per heavy atom. The van der Waals surface area contributed by atoms with E-state index in [0.717, 1.165) is 16.5 Å². The largest absolute Gasteiger partial charge is 0.461 e. The Hall–Kier alpha value is -2.15. The van der Waals surface area contributed by atoms with Crippen molar-refractivity contribution in [1.82, 2.24) is 0 Å². The van der Waals surface area contributed by atoms with Gasteiger partial charge in [0.1, 0.15) is 12.2 Å². The van der Waals surface area contributed by atoms with E-state index >= 15 is 0 Å². The van der Waals surface area contributed by atoms with E-state index in [1.54, 1.807) is 0 Å². The van der Waals surface area contributed by atoms with Crippen molar-refractivity contribution < 1.29 is 22.4 Å². The summed E-state index contributed by atoms with van der Waals surface area (Å²) < 4.78 is 33.6. The smallest absolute Gasteiger partial charge is 0.336 e. The van der Waals surface area contributed by atoms with E-state index in [1.807, 2.05) is 19.1 Å². The van der Waals surface area contributed by atoms with E-state index in [4.69, 9.17) is 9.15 Å². The number of carbonyl (C=O) groups is 1. The van der Waals surface area contributed by atoms with Gasteiger partial charge in [0.25, 0.3) is 0 Å². The molecule has 1 atom stereocenters. The van der Waals surface area contributed by atoms with Gasteiger partial charge in [0.05, 0.1) is 11.5 Å². The first-order valence-electron chi connectivity index (χ1n) is 9.08. The van der Waals surface area contributed by atoms with Gasteiger partial charge in [-0.05, 0) is 48.4 Å². The van der Waals surface area contributed by atoms with Crippen LogP contribution in [0.5, 0.6) is 0 Å². The number of hydrogen-bond acceptors (Lipinski definition) is 6. The second-order valence-electron chi connectivity index (χ2n) is 7.58. The molecular formula is C20H24O6S. The first kappa shape index (κ1) is 19.6. The third-order valence-electron chi connectivity index (χ3n) is 5.01. The Bertz CT molecular complexity index is 1030. The molecule has 0 aliphatic carbocycles. The number of fused-ring (bicyclic) bond motifs is 1. The number of ether oxygens (including phenoxy) is 1. The average Bonchev–Trinajstić information content (AvgIpc) is 2.90. The standard InChI is InChI=1S/C20H24O6S/c1-12(2)16-9-17-15(8-20(22)26-18(17)6-13(16)3)10-25-19(21)7-14-4-5-27(23,24)11-14/h6,8-9,12,14H,4-5,7,10-11H2,1-3H3/t14-/m0/s1. The second kappa shape index (κ2) is 7.46. The molecule has 1 aromatic heterocycles. The number of esters is 1. The summed E-state index contributed by atoms with van der Waals surface area (Å²) in [6.07, 6.45) is 0.571. The summed E-state index contributed by atoms with van der Waals surface area (Å²) in [5.41, 5.74) is 2.75. The second-order valence-corrected chi connectivity index (χ2v) is 9.81. The van der Waals surface area contributed by atoms with Crippen LogP contribution < -0.4 is 5.63 Å². The van der Waals surface area contributed by atoms with Gasteiger partial charge in [0.2, 0.25) is 0 Å². The Balaban J connectivity index is 1.79. The fourth-order valence-corrected chi connectivity index (χ4v) is 5.48. The van der Waals surface area contributed by atoms with Gasteiger partial charge in [-0.25, -0.2) is 13.2 Å². The number of hydrogen-bond donors (Lipinski definition) is 0. The third kappa shape index (κ3) is 4.58. The van der Waals surface area contributed by atoms with Gasteiger partial charge in [-0.2, -0.15) is 0 Å². The molecule has 1 saturated heterocycles. The summed E-state index contributed by atoms with van der Waals surface area (Å²) in [5, 5.41) is 0.750. The maximum absolute atomic E-state index is 12.1. The number of aryl methyl sites for hydroxylation is 1. The summed E-state index contributed by atoms with van der Waals surface area (Å²) in [7, 11) is -3.02. The molecule has 1 aliphatic heterocycles. The van der Waals surface area contributed by atoms with Gasteiger partial charge < -0.3 is 9.15 Å². The monoisotopic (exact) mass is 392 g/mol. The van der Waals surface area contributed by atoms with E-state index in [9.17, 15) is 18.0 Å². The summed E-state index contributed by atoms with van der Waals surface area (Å²) in [4.78, 5) is 24.0. The van der Waals surface area contributed by atoms with Crippen LogP contribution in [0.4, 0.5) is 0 Å². The van der Waals surface area contributed by atoms with Crippen molar-refractivity contribution in [2.75, 3.05) is 11.5 Å². The van der Waals surface area contributed by atoms with Gasteiger partial charge in [0, 0.05) is 23.4 Å². The summed E-state index contributed by atoms with van der Waals surface area (Å²) in [5.74, 6) is -0.158. The third-order valence-corrected chi connectivity index (χ3v) is 6.85. The maximum atomic E-state index is 12.1. The molecule has 0 radical (unpaired) electrons. The Morgan fingerprint density at radius 2 is 2.04 bits per heavy atom. The first-order chi connectivity index (χ1) is 12.6. The molecule has 27 heavy (non-hydrogen) atoms. The minimum atomic E-state index is -3.02. The molecule has 0 saturated carbocycles. The first-order valence-corrected chi connectivity index (χ1v) is 10.9. The molecular weight excluding hydrogens is 368 g/mol. The van der Waals surface area contributed by atoms with Crippen LogP contribution in [-0.2, 0) is 26.0 Å². The van der Waals surface area contributed by atoms with E-state index < -0.39 is 21.4 Å². The Kier molecular flexibility index (Phi) is 5.42. The fraction of sp³-hybridized carbons (Fsp3) is 0.500. The molecule has 2 aromatic rings. The highest BCUT2D eigenvalue weighted by Gasteiger charge is 2.29. The molecule has 0 amide bonds. The van der Waals surface area contributed by atoms with Gasteiger partial charge in [0.15, 0.2) is 9.84 Å². The van der Waals surface area contributed by atoms with Crippen molar-refractivity contribution in [2.45, 2.75) is 46.1 Å². The minimum Gasteiger partial charge on any atom is -0.461 e. The highest BCUT2D eigenvalue weighted by atomic mass is 32.2. The highest BCUT2D eigenvalue weighted by Crippen LogP contribution is 2.27. The Morgan fingerprint density at radius 1 is 1.30 bits per heavy atom. The lowest BCUT2D eigenvalue weighted by Gasteiger charge is -2.13. The van der Waals surface area contributed by atoms with Crippen LogP contribution in [-0.4, -0.2) is 25.9 Å². The van der Waals surface area contributed by atoms with Crippen LogP contribution in [0.15, 0.2) is 27.4 Å². The number of benzene rings is 1. The number of sulfone groups is 1. The van der Waals surface area contributed by atoms with Crippen molar-refractivity contribution >= 4 is 26.8 Å². The van der Waals surface area contributed by atoms with Crippen LogP contribution in [0, 0.1) is 12.8 Å². The van der Waals surface area contributed by atoms with Crippen LogP contribution in [0.3, 0.4) is 0 Å². The molecule has 3 rings (SSSR count). The average molecular weight is 392 g/mol. The SMILES string of the molecule is Cc1cc2oc(=O)cc(COC(=O)C[C@@H]3CCS(=O)(=O)C3)c2cc1C(C)C. The van der Waals surface area contributed by atoms with Crippen molar-refractivity contribution in [1.29, 1.82) is 0 Å². The van der Waals surface area contributed by atoms with Crippen molar-refractivity contribution in [2.24, 2.45) is 5.92 Å². The minimum absolute atomic E-state index is 0.0387. The van der Waals surface area contributed by atoms with Gasteiger partial charge in [-0.15, -0.1) is 0 Å². The summed E-state index contributed by atoms with van der Waals surface area (Å²) in [6, 6.07) is 5.15. The van der Waals surface area contributed by atoms with E-state index in [1.165, 1.54) is 6.07 Å². The molecule has 0 N–H and O–H groups in total. The number of carbonyl (C=O) groups excluding carboxylic acids is 1. The zero-order valence-corrected chi connectivity index (χ0v) is 16.6. The topological polar surface area (TPSA) is 90.7 Å². The van der Waals surface area contributed by atoms with Crippen LogP contribution >= 0.6 is 0 Å². The van der Waals surface area contributed by atoms with Gasteiger partial charge in [-0.1, -0.05) is 13.8 Å². The zero-order valence-electron chi connectivity index (χ0n) is 15.8. The molecule has 1 aromatic carbocycles. The predicted octanol–water partition coefficient (Wildman–Crippen LogP) is 3.09. The molecule has 7 heteroatoms. The Labute approximate surface area is 158 Å². The number of rotatable bonds is 5. The molecule has 1 fully saturated rings. The highest BCUT2D eigenvalue weighted by molar-refractivity contribution is 7.91. The lowest BCUT2D eigenvalue weighted by atomic mass is 9.95. The molecule has 2 heterocycles. The molecule has 0 unspecified atom stereocenters. The van der Waals surface area contributed by atoms with Crippen molar-refractivity contribution in [3.8, 4) is 0 Å². The maximum Gasteiger partial charge on any atom is 0.336 e. The van der Waals surface area contributed by atoms with E-state index in [-0.39, 0.29) is 30.5 Å². The summed E-state index contributed by atoms with van der Waals surface area (Å²) >= 11 is 0. The lowest BCUT2D eigenvalue weighted by Crippen LogP contribution is -2.13. The lowest BCUT2D eigenvalue weighted by molar-refractivity contribution is -0.145. The molecule has 146 valence electrons. The molecule has 0 spiro atoms. The van der Waals surface area contributed by atoms with Crippen LogP contribution in [0.25, 0.3) is 11.0 Å². The molecule has 6 nitrogen and oxygen atoms in total. The zero-order chi connectivity index (χ0) is 19.8.